The Bertz CT molecular complexity index is 447. The van der Waals surface area contributed by atoms with Gasteiger partial charge in [-0.25, -0.2) is 4.79 Å². The summed E-state index contributed by atoms with van der Waals surface area (Å²) in [6.45, 7) is 0. The van der Waals surface area contributed by atoms with Crippen molar-refractivity contribution in [2.45, 2.75) is 25.4 Å². The molecule has 0 aliphatic heterocycles. The molecule has 2 rings (SSSR count). The van der Waals surface area contributed by atoms with E-state index in [0.29, 0.717) is 18.5 Å². The molecule has 0 heterocycles. The molecule has 4 nitrogen and oxygen atoms in total. The van der Waals surface area contributed by atoms with Gasteiger partial charge >= 0.3 is 6.09 Å². The molecular weight excluding hydrogens is 286 g/mol. The van der Waals surface area contributed by atoms with Crippen molar-refractivity contribution in [2.75, 3.05) is 5.32 Å². The minimum absolute atomic E-state index is 0.00870. The van der Waals surface area contributed by atoms with Crippen LogP contribution in [0, 0.1) is 0 Å². The van der Waals surface area contributed by atoms with Gasteiger partial charge in [0.1, 0.15) is 0 Å². The lowest BCUT2D eigenvalue weighted by atomic mass is 10.3. The molecular formula is C12H12BrNO3. The number of rotatable bonds is 2. The zero-order chi connectivity index (χ0) is 12.3. The van der Waals surface area contributed by atoms with Gasteiger partial charge < -0.3 is 4.74 Å². The van der Waals surface area contributed by atoms with Gasteiger partial charge in [0, 0.05) is 16.6 Å². The Morgan fingerprint density at radius 3 is 2.94 bits per heavy atom. The fourth-order valence-corrected chi connectivity index (χ4v) is 2.15. The second-order valence-corrected chi connectivity index (χ2v) is 4.80. The fraction of sp³-hybridized carbons (Fsp3) is 0.333. The van der Waals surface area contributed by atoms with Crippen LogP contribution < -0.4 is 5.32 Å². The van der Waals surface area contributed by atoms with Crippen LogP contribution in [0.5, 0.6) is 0 Å². The number of benzene rings is 1. The standard InChI is InChI=1S/C12H12BrNO3/c13-8-3-1-4-9(7-8)14-12(16)17-11-6-2-5-10(11)15/h1,3-4,7,11H,2,5-6H2,(H,14,16). The maximum absolute atomic E-state index is 11.5. The maximum atomic E-state index is 11.5. The largest absolute Gasteiger partial charge is 0.438 e. The molecule has 1 aliphatic carbocycles. The average molecular weight is 298 g/mol. The predicted octanol–water partition coefficient (Wildman–Crippen LogP) is 3.12. The van der Waals surface area contributed by atoms with Crippen LogP contribution in [-0.4, -0.2) is 18.0 Å². The molecule has 1 aromatic carbocycles. The Balaban J connectivity index is 1.91. The van der Waals surface area contributed by atoms with Crippen LogP contribution in [0.1, 0.15) is 19.3 Å². The summed E-state index contributed by atoms with van der Waals surface area (Å²) in [5, 5.41) is 2.59. The van der Waals surface area contributed by atoms with Crippen LogP contribution >= 0.6 is 15.9 Å². The summed E-state index contributed by atoms with van der Waals surface area (Å²) < 4.78 is 5.92. The van der Waals surface area contributed by atoms with Crippen molar-refractivity contribution < 1.29 is 14.3 Å². The SMILES string of the molecule is O=C(Nc1cccc(Br)c1)OC1CCCC1=O. The number of anilines is 1. The Morgan fingerprint density at radius 2 is 2.29 bits per heavy atom. The molecule has 0 spiro atoms. The lowest BCUT2D eigenvalue weighted by Crippen LogP contribution is -2.25. The zero-order valence-corrected chi connectivity index (χ0v) is 10.7. The smallest absolute Gasteiger partial charge is 0.412 e. The second-order valence-electron chi connectivity index (χ2n) is 3.89. The molecule has 1 saturated carbocycles. The Morgan fingerprint density at radius 1 is 1.47 bits per heavy atom. The monoisotopic (exact) mass is 297 g/mol. The number of Topliss-reactive ketones (excluding diaryl/α,β-unsaturated/α-hetero) is 1. The van der Waals surface area contributed by atoms with Crippen LogP contribution in [0.15, 0.2) is 28.7 Å². The van der Waals surface area contributed by atoms with Crippen molar-refractivity contribution in [2.24, 2.45) is 0 Å². The number of carbonyl (C=O) groups excluding carboxylic acids is 2. The van der Waals surface area contributed by atoms with Crippen LogP contribution in [0.25, 0.3) is 0 Å². The molecule has 1 aromatic rings. The molecule has 90 valence electrons. The summed E-state index contributed by atoms with van der Waals surface area (Å²) in [4.78, 5) is 22.8. The van der Waals surface area contributed by atoms with E-state index < -0.39 is 12.2 Å². The first-order chi connectivity index (χ1) is 8.15. The van der Waals surface area contributed by atoms with Crippen molar-refractivity contribution in [1.82, 2.24) is 0 Å². The average Bonchev–Trinajstić information content (AvgIpc) is 2.64. The van der Waals surface area contributed by atoms with E-state index in [1.165, 1.54) is 0 Å². The summed E-state index contributed by atoms with van der Waals surface area (Å²) in [5.41, 5.74) is 0.634. The second kappa shape index (κ2) is 5.31. The highest BCUT2D eigenvalue weighted by molar-refractivity contribution is 9.10. The van der Waals surface area contributed by atoms with E-state index in [0.717, 1.165) is 10.9 Å². The first kappa shape index (κ1) is 12.1. The molecule has 1 N–H and O–H groups in total. The summed E-state index contributed by atoms with van der Waals surface area (Å²) in [7, 11) is 0. The molecule has 1 fully saturated rings. The molecule has 5 heteroatoms. The zero-order valence-electron chi connectivity index (χ0n) is 9.11. The third-order valence-electron chi connectivity index (χ3n) is 2.57. The number of nitrogens with one attached hydrogen (secondary N) is 1. The normalized spacial score (nSPS) is 19.1. The number of hydrogen-bond acceptors (Lipinski definition) is 3. The molecule has 17 heavy (non-hydrogen) atoms. The number of carbonyl (C=O) groups is 2. The van der Waals surface area contributed by atoms with E-state index in [-0.39, 0.29) is 5.78 Å². The lowest BCUT2D eigenvalue weighted by Gasteiger charge is -2.11. The van der Waals surface area contributed by atoms with Crippen LogP contribution in [0.2, 0.25) is 0 Å². The number of hydrogen-bond donors (Lipinski definition) is 1. The summed E-state index contributed by atoms with van der Waals surface area (Å²) in [6, 6.07) is 7.18. The van der Waals surface area contributed by atoms with E-state index in [4.69, 9.17) is 4.74 Å². The molecule has 0 bridgehead atoms. The quantitative estimate of drug-likeness (QED) is 0.912. The molecule has 1 atom stereocenters. The first-order valence-corrected chi connectivity index (χ1v) is 6.20. The van der Waals surface area contributed by atoms with Crippen molar-refractivity contribution in [3.63, 3.8) is 0 Å². The number of halogens is 1. The van der Waals surface area contributed by atoms with Gasteiger partial charge in [0.05, 0.1) is 0 Å². The van der Waals surface area contributed by atoms with Crippen LogP contribution in [0.3, 0.4) is 0 Å². The molecule has 0 radical (unpaired) electrons. The third-order valence-corrected chi connectivity index (χ3v) is 3.06. The fourth-order valence-electron chi connectivity index (χ4n) is 1.75. The molecule has 0 aromatic heterocycles. The van der Waals surface area contributed by atoms with E-state index in [1.54, 1.807) is 18.2 Å². The van der Waals surface area contributed by atoms with Gasteiger partial charge in [0.25, 0.3) is 0 Å². The maximum Gasteiger partial charge on any atom is 0.412 e. The summed E-state index contributed by atoms with van der Waals surface area (Å²) >= 11 is 3.30. The van der Waals surface area contributed by atoms with Gasteiger partial charge in [-0.15, -0.1) is 0 Å². The molecule has 1 aliphatic rings. The Labute approximate surface area is 107 Å². The van der Waals surface area contributed by atoms with Gasteiger partial charge in [-0.05, 0) is 31.0 Å². The topological polar surface area (TPSA) is 55.4 Å². The van der Waals surface area contributed by atoms with Crippen LogP contribution in [0.4, 0.5) is 10.5 Å². The van der Waals surface area contributed by atoms with Crippen molar-refractivity contribution >= 4 is 33.5 Å². The minimum atomic E-state index is -0.580. The lowest BCUT2D eigenvalue weighted by molar-refractivity contribution is -0.124. The Hall–Kier alpha value is -1.36. The van der Waals surface area contributed by atoms with E-state index in [1.807, 2.05) is 6.07 Å². The predicted molar refractivity (Wildman–Crippen MR) is 66.9 cm³/mol. The van der Waals surface area contributed by atoms with Crippen molar-refractivity contribution in [3.8, 4) is 0 Å². The third kappa shape index (κ3) is 3.30. The van der Waals surface area contributed by atoms with Gasteiger partial charge in [-0.1, -0.05) is 22.0 Å². The van der Waals surface area contributed by atoms with E-state index in [9.17, 15) is 9.59 Å². The van der Waals surface area contributed by atoms with E-state index >= 15 is 0 Å². The van der Waals surface area contributed by atoms with Gasteiger partial charge in [0.2, 0.25) is 0 Å². The highest BCUT2D eigenvalue weighted by atomic mass is 79.9. The van der Waals surface area contributed by atoms with Gasteiger partial charge in [-0.3, -0.25) is 10.1 Å². The van der Waals surface area contributed by atoms with Crippen molar-refractivity contribution in [3.05, 3.63) is 28.7 Å². The Kier molecular flexibility index (Phi) is 3.78. The summed E-state index contributed by atoms with van der Waals surface area (Å²) in [6.07, 6.45) is 0.790. The van der Waals surface area contributed by atoms with Crippen molar-refractivity contribution in [1.29, 1.82) is 0 Å². The minimum Gasteiger partial charge on any atom is -0.438 e. The van der Waals surface area contributed by atoms with E-state index in [2.05, 4.69) is 21.2 Å². The number of ketones is 1. The van der Waals surface area contributed by atoms with Crippen LogP contribution in [-0.2, 0) is 9.53 Å². The van der Waals surface area contributed by atoms with Gasteiger partial charge in [0.15, 0.2) is 11.9 Å². The highest BCUT2D eigenvalue weighted by Crippen LogP contribution is 2.19. The molecule has 1 amide bonds. The first-order valence-electron chi connectivity index (χ1n) is 5.41. The molecule has 0 saturated heterocycles. The number of amides is 1. The molecule has 1 unspecified atom stereocenters. The van der Waals surface area contributed by atoms with Gasteiger partial charge in [-0.2, -0.15) is 0 Å². The summed E-state index contributed by atoms with van der Waals surface area (Å²) in [5.74, 6) is 0.00870. The number of ether oxygens (including phenoxy) is 1. The highest BCUT2D eigenvalue weighted by Gasteiger charge is 2.27.